The summed E-state index contributed by atoms with van der Waals surface area (Å²) in [6, 6.07) is 22.2. The second-order valence-electron chi connectivity index (χ2n) is 7.55. The minimum absolute atomic E-state index is 0.0873. The number of carbonyl (C=O) groups excluding carboxylic acids is 3. The fraction of sp³-hybridized carbons (Fsp3) is 0.111. The zero-order valence-corrected chi connectivity index (χ0v) is 20.3. The Morgan fingerprint density at radius 2 is 1.43 bits per heavy atom. The van der Waals surface area contributed by atoms with Crippen LogP contribution in [0.3, 0.4) is 0 Å². The maximum absolute atomic E-state index is 12.8. The lowest BCUT2D eigenvalue weighted by Gasteiger charge is -2.11. The third-order valence-corrected chi connectivity index (χ3v) is 5.31. The van der Waals surface area contributed by atoms with Crippen LogP contribution in [0.1, 0.15) is 20.8 Å². The molecule has 37 heavy (non-hydrogen) atoms. The van der Waals surface area contributed by atoms with Gasteiger partial charge in [-0.3, -0.25) is 5.32 Å². The van der Waals surface area contributed by atoms with Gasteiger partial charge in [-0.15, -0.1) is 0 Å². The van der Waals surface area contributed by atoms with Crippen LogP contribution < -0.4 is 14.8 Å². The van der Waals surface area contributed by atoms with E-state index in [0.29, 0.717) is 16.9 Å². The van der Waals surface area contributed by atoms with Gasteiger partial charge in [-0.05, 0) is 42.5 Å². The van der Waals surface area contributed by atoms with Crippen LogP contribution in [0, 0.1) is 0 Å². The number of methoxy groups -OCH3 is 3. The average molecular weight is 501 g/mol. The van der Waals surface area contributed by atoms with Crippen molar-refractivity contribution < 1.29 is 33.3 Å². The summed E-state index contributed by atoms with van der Waals surface area (Å²) in [5.74, 6) is -1.22. The lowest BCUT2D eigenvalue weighted by atomic mass is 10.0. The number of nitrogens with one attached hydrogen (secondary N) is 1. The van der Waals surface area contributed by atoms with Crippen LogP contribution in [0.15, 0.2) is 78.9 Å². The molecule has 0 saturated heterocycles. The molecule has 0 aliphatic heterocycles. The third-order valence-electron chi connectivity index (χ3n) is 5.31. The fourth-order valence-corrected chi connectivity index (χ4v) is 3.62. The first-order valence-corrected chi connectivity index (χ1v) is 11.0. The van der Waals surface area contributed by atoms with Crippen molar-refractivity contribution in [1.29, 1.82) is 0 Å². The number of benzene rings is 3. The van der Waals surface area contributed by atoms with Crippen molar-refractivity contribution in [2.45, 2.75) is 0 Å². The van der Waals surface area contributed by atoms with Gasteiger partial charge in [0.1, 0.15) is 11.3 Å². The molecule has 4 aromatic rings. The summed E-state index contributed by atoms with van der Waals surface area (Å²) in [4.78, 5) is 38.0. The minimum Gasteiger partial charge on any atom is -0.493 e. The van der Waals surface area contributed by atoms with Gasteiger partial charge in [-0.2, -0.15) is 5.10 Å². The van der Waals surface area contributed by atoms with Crippen LogP contribution in [0.5, 0.6) is 11.5 Å². The van der Waals surface area contributed by atoms with Crippen molar-refractivity contribution in [3.05, 3.63) is 90.1 Å². The topological polar surface area (TPSA) is 118 Å². The van der Waals surface area contributed by atoms with Gasteiger partial charge in [0.2, 0.25) is 0 Å². The average Bonchev–Trinajstić information content (AvgIpc) is 3.34. The number of nitrogens with zero attached hydrogens (tertiary/aromatic N) is 2. The summed E-state index contributed by atoms with van der Waals surface area (Å²) in [5.41, 5.74) is 1.46. The molecule has 1 amide bonds. The van der Waals surface area contributed by atoms with E-state index in [2.05, 4.69) is 10.4 Å². The molecule has 1 heterocycles. The van der Waals surface area contributed by atoms with E-state index in [0.717, 1.165) is 0 Å². The molecule has 3 aromatic carbocycles. The van der Waals surface area contributed by atoms with Gasteiger partial charge in [0, 0.05) is 11.3 Å². The lowest BCUT2D eigenvalue weighted by Crippen LogP contribution is -2.17. The van der Waals surface area contributed by atoms with Gasteiger partial charge in [0.25, 0.3) is 0 Å². The van der Waals surface area contributed by atoms with Gasteiger partial charge in [0.15, 0.2) is 17.2 Å². The zero-order chi connectivity index (χ0) is 26.4. The maximum Gasteiger partial charge on any atom is 0.417 e. The Hall–Kier alpha value is -5.12. The smallest absolute Gasteiger partial charge is 0.417 e. The molecule has 0 aliphatic rings. The van der Waals surface area contributed by atoms with Crippen molar-refractivity contribution in [3.8, 4) is 28.4 Å². The van der Waals surface area contributed by atoms with E-state index in [1.165, 1.54) is 38.1 Å². The molecule has 0 saturated carbocycles. The summed E-state index contributed by atoms with van der Waals surface area (Å²) in [6.45, 7) is 0. The molecule has 1 N–H and O–H groups in total. The van der Waals surface area contributed by atoms with Gasteiger partial charge in [0.05, 0.1) is 27.0 Å². The SMILES string of the molecule is COC(=O)c1c(-c2ccc(OC(=O)Nc3ccccc3)c(OC)c2)nn(-c2ccccc2)c1C(=O)OC. The highest BCUT2D eigenvalue weighted by atomic mass is 16.6. The molecular weight excluding hydrogens is 478 g/mol. The Morgan fingerprint density at radius 1 is 0.784 bits per heavy atom. The number of hydrogen-bond acceptors (Lipinski definition) is 8. The first-order valence-electron chi connectivity index (χ1n) is 11.0. The molecule has 10 nitrogen and oxygen atoms in total. The Labute approximate surface area is 212 Å². The van der Waals surface area contributed by atoms with Gasteiger partial charge < -0.3 is 18.9 Å². The van der Waals surface area contributed by atoms with Crippen molar-refractivity contribution in [3.63, 3.8) is 0 Å². The maximum atomic E-state index is 12.8. The summed E-state index contributed by atoms with van der Waals surface area (Å²) >= 11 is 0. The predicted molar refractivity (Wildman–Crippen MR) is 134 cm³/mol. The lowest BCUT2D eigenvalue weighted by molar-refractivity contribution is 0.0549. The molecule has 0 fully saturated rings. The van der Waals surface area contributed by atoms with Gasteiger partial charge in [-0.25, -0.2) is 19.1 Å². The second-order valence-corrected chi connectivity index (χ2v) is 7.55. The van der Waals surface area contributed by atoms with Gasteiger partial charge >= 0.3 is 18.0 Å². The molecule has 4 rings (SSSR count). The van der Waals surface area contributed by atoms with Crippen LogP contribution in [0.4, 0.5) is 10.5 Å². The second kappa shape index (κ2) is 11.1. The summed E-state index contributed by atoms with van der Waals surface area (Å²) < 4.78 is 22.1. The molecule has 0 spiro atoms. The summed E-state index contributed by atoms with van der Waals surface area (Å²) in [7, 11) is 3.82. The van der Waals surface area contributed by atoms with Crippen molar-refractivity contribution >= 4 is 23.7 Å². The standard InChI is InChI=1S/C27H23N3O7/c1-34-21-16-17(14-15-20(21)37-27(33)28-18-10-6-4-7-11-18)23-22(25(31)35-2)24(26(32)36-3)30(29-23)19-12-8-5-9-13-19/h4-16H,1-3H3,(H,28,33). The van der Waals surface area contributed by atoms with E-state index >= 15 is 0 Å². The van der Waals surface area contributed by atoms with Crippen LogP contribution >= 0.6 is 0 Å². The normalized spacial score (nSPS) is 10.4. The number of carbonyl (C=O) groups is 3. The van der Waals surface area contributed by atoms with Crippen LogP contribution in [0.25, 0.3) is 16.9 Å². The van der Waals surface area contributed by atoms with Crippen molar-refractivity contribution in [2.24, 2.45) is 0 Å². The first kappa shape index (κ1) is 25.0. The molecule has 0 aliphatic carbocycles. The number of ether oxygens (including phenoxy) is 4. The number of esters is 2. The highest BCUT2D eigenvalue weighted by molar-refractivity contribution is 6.07. The van der Waals surface area contributed by atoms with E-state index in [4.69, 9.17) is 18.9 Å². The van der Waals surface area contributed by atoms with E-state index in [1.807, 2.05) is 12.1 Å². The largest absolute Gasteiger partial charge is 0.493 e. The van der Waals surface area contributed by atoms with E-state index in [1.54, 1.807) is 54.6 Å². The summed E-state index contributed by atoms with van der Waals surface area (Å²) in [6.07, 6.45) is -0.714. The molecular formula is C27H23N3O7. The number of aromatic nitrogens is 2. The molecule has 10 heteroatoms. The van der Waals surface area contributed by atoms with Crippen molar-refractivity contribution in [1.82, 2.24) is 9.78 Å². The number of hydrogen-bond donors (Lipinski definition) is 1. The quantitative estimate of drug-likeness (QED) is 0.361. The highest BCUT2D eigenvalue weighted by Crippen LogP contribution is 2.35. The highest BCUT2D eigenvalue weighted by Gasteiger charge is 2.31. The van der Waals surface area contributed by atoms with E-state index < -0.39 is 18.0 Å². The number of para-hydroxylation sites is 2. The van der Waals surface area contributed by atoms with Crippen LogP contribution in [-0.2, 0) is 9.47 Å². The molecule has 0 bridgehead atoms. The van der Waals surface area contributed by atoms with E-state index in [9.17, 15) is 14.4 Å². The Balaban J connectivity index is 1.77. The Kier molecular flexibility index (Phi) is 7.48. The minimum atomic E-state index is -0.779. The molecule has 0 atom stereocenters. The zero-order valence-electron chi connectivity index (χ0n) is 20.3. The first-order chi connectivity index (χ1) is 18.0. The molecule has 0 radical (unpaired) electrons. The third kappa shape index (κ3) is 5.27. The fourth-order valence-electron chi connectivity index (χ4n) is 3.62. The number of rotatable bonds is 7. The molecule has 1 aromatic heterocycles. The monoisotopic (exact) mass is 501 g/mol. The van der Waals surface area contributed by atoms with E-state index in [-0.39, 0.29) is 28.5 Å². The number of anilines is 1. The summed E-state index contributed by atoms with van der Waals surface area (Å²) in [5, 5.41) is 7.17. The van der Waals surface area contributed by atoms with Crippen LogP contribution in [0.2, 0.25) is 0 Å². The molecule has 0 unspecified atom stereocenters. The molecule has 188 valence electrons. The van der Waals surface area contributed by atoms with Gasteiger partial charge in [-0.1, -0.05) is 36.4 Å². The Morgan fingerprint density at radius 3 is 2.05 bits per heavy atom. The Bertz CT molecular complexity index is 1430. The number of amides is 1. The predicted octanol–water partition coefficient (Wildman–Crippen LogP) is 4.73. The van der Waals surface area contributed by atoms with Crippen molar-refractivity contribution in [2.75, 3.05) is 26.6 Å². The van der Waals surface area contributed by atoms with Crippen LogP contribution in [-0.4, -0.2) is 49.1 Å².